The molecule has 4 nitrogen and oxygen atoms in total. The van der Waals surface area contributed by atoms with Crippen LogP contribution in [0.1, 0.15) is 29.1 Å². The van der Waals surface area contributed by atoms with Crippen LogP contribution in [0, 0.1) is 5.82 Å². The summed E-state index contributed by atoms with van der Waals surface area (Å²) < 4.78 is 18.6. The molecule has 0 saturated heterocycles. The zero-order valence-electron chi connectivity index (χ0n) is 9.68. The first kappa shape index (κ1) is 12.2. The summed E-state index contributed by atoms with van der Waals surface area (Å²) in [5.74, 6) is -1.29. The molecule has 0 saturated carbocycles. The largest absolute Gasteiger partial charge is 0.507 e. The number of hydrogen-bond acceptors (Lipinski definition) is 3. The van der Waals surface area contributed by atoms with Gasteiger partial charge in [0.05, 0.1) is 12.3 Å². The van der Waals surface area contributed by atoms with Crippen molar-refractivity contribution in [3.63, 3.8) is 0 Å². The van der Waals surface area contributed by atoms with Crippen molar-refractivity contribution in [2.75, 3.05) is 0 Å². The molecule has 2 N–H and O–H groups in total. The van der Waals surface area contributed by atoms with Crippen molar-refractivity contribution in [3.8, 4) is 5.75 Å². The molecule has 94 valence electrons. The van der Waals surface area contributed by atoms with Crippen LogP contribution in [-0.4, -0.2) is 11.0 Å². The molecule has 0 aliphatic heterocycles. The number of rotatable bonds is 3. The summed E-state index contributed by atoms with van der Waals surface area (Å²) in [6.07, 6.45) is 1.48. The highest BCUT2D eigenvalue weighted by molar-refractivity contribution is 5.97. The number of phenolic OH excluding ortho intramolecular Hbond substituents is 1. The number of carbonyl (C=O) groups is 1. The Morgan fingerprint density at radius 3 is 2.78 bits per heavy atom. The Hall–Kier alpha value is -2.30. The standard InChI is InChI=1S/C13H12FNO3/c1-8(11-6-3-7-18-11)15-13(17)12-9(14)4-2-5-10(12)16/h2-8,16H,1H3,(H,15,17)/t8-/m1/s1. The lowest BCUT2D eigenvalue weighted by Crippen LogP contribution is -2.27. The fourth-order valence-corrected chi connectivity index (χ4v) is 1.62. The van der Waals surface area contributed by atoms with Crippen LogP contribution < -0.4 is 5.32 Å². The van der Waals surface area contributed by atoms with Crippen LogP contribution in [0.3, 0.4) is 0 Å². The Bertz CT molecular complexity index is 531. The van der Waals surface area contributed by atoms with Gasteiger partial charge in [-0.15, -0.1) is 0 Å². The first-order chi connectivity index (χ1) is 8.59. The van der Waals surface area contributed by atoms with Crippen LogP contribution in [0.5, 0.6) is 5.75 Å². The van der Waals surface area contributed by atoms with Gasteiger partial charge >= 0.3 is 0 Å². The zero-order chi connectivity index (χ0) is 13.1. The smallest absolute Gasteiger partial charge is 0.258 e. The lowest BCUT2D eigenvalue weighted by molar-refractivity contribution is 0.0928. The molecule has 1 heterocycles. The number of carbonyl (C=O) groups excluding carboxylic acids is 1. The average molecular weight is 249 g/mol. The van der Waals surface area contributed by atoms with Gasteiger partial charge in [0.25, 0.3) is 5.91 Å². The number of amides is 1. The minimum absolute atomic E-state index is 0.365. The molecule has 1 aromatic heterocycles. The third-order valence-corrected chi connectivity index (χ3v) is 2.54. The summed E-state index contributed by atoms with van der Waals surface area (Å²) in [5.41, 5.74) is -0.365. The highest BCUT2D eigenvalue weighted by atomic mass is 19.1. The van der Waals surface area contributed by atoms with E-state index in [2.05, 4.69) is 5.32 Å². The van der Waals surface area contributed by atoms with Gasteiger partial charge in [-0.25, -0.2) is 4.39 Å². The average Bonchev–Trinajstić information content (AvgIpc) is 2.81. The normalized spacial score (nSPS) is 12.1. The van der Waals surface area contributed by atoms with E-state index >= 15 is 0 Å². The van der Waals surface area contributed by atoms with Crippen LogP contribution >= 0.6 is 0 Å². The van der Waals surface area contributed by atoms with Crippen LogP contribution in [0.2, 0.25) is 0 Å². The Labute approximate surface area is 103 Å². The maximum Gasteiger partial charge on any atom is 0.258 e. The van der Waals surface area contributed by atoms with E-state index in [4.69, 9.17) is 4.42 Å². The van der Waals surface area contributed by atoms with Crippen molar-refractivity contribution in [2.45, 2.75) is 13.0 Å². The molecule has 1 aromatic carbocycles. The molecular formula is C13H12FNO3. The van der Waals surface area contributed by atoms with E-state index in [1.54, 1.807) is 19.1 Å². The summed E-state index contributed by atoms with van der Waals surface area (Å²) in [6, 6.07) is 6.69. The number of benzene rings is 1. The molecule has 0 unspecified atom stereocenters. The van der Waals surface area contributed by atoms with Crippen molar-refractivity contribution >= 4 is 5.91 Å². The summed E-state index contributed by atoms with van der Waals surface area (Å²) in [5, 5.41) is 12.0. The van der Waals surface area contributed by atoms with Gasteiger partial charge in [-0.05, 0) is 31.2 Å². The summed E-state index contributed by atoms with van der Waals surface area (Å²) in [4.78, 5) is 11.8. The molecule has 0 radical (unpaired) electrons. The molecule has 5 heteroatoms. The molecule has 2 rings (SSSR count). The summed E-state index contributed by atoms with van der Waals surface area (Å²) >= 11 is 0. The molecule has 0 spiro atoms. The molecule has 2 aromatic rings. The van der Waals surface area contributed by atoms with Crippen LogP contribution in [0.25, 0.3) is 0 Å². The SMILES string of the molecule is C[C@@H](NC(=O)c1c(O)cccc1F)c1ccco1. The number of halogens is 1. The third kappa shape index (κ3) is 2.34. The van der Waals surface area contributed by atoms with E-state index in [0.29, 0.717) is 5.76 Å². The number of aromatic hydroxyl groups is 1. The van der Waals surface area contributed by atoms with Crippen molar-refractivity contribution < 1.29 is 18.7 Å². The van der Waals surface area contributed by atoms with Crippen molar-refractivity contribution in [2.24, 2.45) is 0 Å². The summed E-state index contributed by atoms with van der Waals surface area (Å²) in [6.45, 7) is 1.70. The van der Waals surface area contributed by atoms with Gasteiger partial charge in [0.2, 0.25) is 0 Å². The van der Waals surface area contributed by atoms with E-state index in [1.165, 1.54) is 18.4 Å². The fourth-order valence-electron chi connectivity index (χ4n) is 1.62. The van der Waals surface area contributed by atoms with E-state index < -0.39 is 17.8 Å². The van der Waals surface area contributed by atoms with Crippen LogP contribution in [0.15, 0.2) is 41.0 Å². The highest BCUT2D eigenvalue weighted by Gasteiger charge is 2.19. The van der Waals surface area contributed by atoms with E-state index in [1.807, 2.05) is 0 Å². The second kappa shape index (κ2) is 4.91. The van der Waals surface area contributed by atoms with Crippen LogP contribution in [0.4, 0.5) is 4.39 Å². The van der Waals surface area contributed by atoms with Gasteiger partial charge in [0.1, 0.15) is 22.9 Å². The molecule has 0 aliphatic rings. The predicted octanol–water partition coefficient (Wildman–Crippen LogP) is 2.62. The van der Waals surface area contributed by atoms with Crippen molar-refractivity contribution in [1.82, 2.24) is 5.32 Å². The molecule has 0 bridgehead atoms. The molecule has 18 heavy (non-hydrogen) atoms. The number of nitrogens with one attached hydrogen (secondary N) is 1. The van der Waals surface area contributed by atoms with Gasteiger partial charge in [0.15, 0.2) is 0 Å². The van der Waals surface area contributed by atoms with E-state index in [0.717, 1.165) is 6.07 Å². The Morgan fingerprint density at radius 1 is 1.39 bits per heavy atom. The summed E-state index contributed by atoms with van der Waals surface area (Å²) in [7, 11) is 0. The molecule has 0 aliphatic carbocycles. The Kier molecular flexibility index (Phi) is 3.32. The predicted molar refractivity (Wildman–Crippen MR) is 62.7 cm³/mol. The first-order valence-corrected chi connectivity index (χ1v) is 5.41. The Balaban J connectivity index is 2.18. The monoisotopic (exact) mass is 249 g/mol. The van der Waals surface area contributed by atoms with Gasteiger partial charge < -0.3 is 14.8 Å². The van der Waals surface area contributed by atoms with Crippen molar-refractivity contribution in [1.29, 1.82) is 0 Å². The van der Waals surface area contributed by atoms with Crippen LogP contribution in [-0.2, 0) is 0 Å². The lowest BCUT2D eigenvalue weighted by Gasteiger charge is -2.12. The number of hydrogen-bond donors (Lipinski definition) is 2. The van der Waals surface area contributed by atoms with E-state index in [-0.39, 0.29) is 11.3 Å². The zero-order valence-corrected chi connectivity index (χ0v) is 9.68. The quantitative estimate of drug-likeness (QED) is 0.878. The van der Waals surface area contributed by atoms with Gasteiger partial charge in [0, 0.05) is 0 Å². The fraction of sp³-hybridized carbons (Fsp3) is 0.154. The van der Waals surface area contributed by atoms with Gasteiger partial charge in [-0.3, -0.25) is 4.79 Å². The minimum Gasteiger partial charge on any atom is -0.507 e. The lowest BCUT2D eigenvalue weighted by atomic mass is 10.1. The van der Waals surface area contributed by atoms with Gasteiger partial charge in [-0.2, -0.15) is 0 Å². The molecule has 0 fully saturated rings. The highest BCUT2D eigenvalue weighted by Crippen LogP contribution is 2.21. The second-order valence-electron chi connectivity index (χ2n) is 3.84. The number of furan rings is 1. The van der Waals surface area contributed by atoms with Gasteiger partial charge in [-0.1, -0.05) is 6.07 Å². The topological polar surface area (TPSA) is 62.5 Å². The molecular weight excluding hydrogens is 237 g/mol. The third-order valence-electron chi connectivity index (χ3n) is 2.54. The maximum atomic E-state index is 13.4. The molecule has 1 atom stereocenters. The van der Waals surface area contributed by atoms with E-state index in [9.17, 15) is 14.3 Å². The first-order valence-electron chi connectivity index (χ1n) is 5.41. The minimum atomic E-state index is -0.765. The Morgan fingerprint density at radius 2 is 2.17 bits per heavy atom. The number of phenols is 1. The van der Waals surface area contributed by atoms with Crippen molar-refractivity contribution in [3.05, 3.63) is 53.7 Å². The maximum absolute atomic E-state index is 13.4. The molecule has 1 amide bonds. The second-order valence-corrected chi connectivity index (χ2v) is 3.84.